The highest BCUT2D eigenvalue weighted by Crippen LogP contribution is 2.24. The molecule has 2 aromatic heterocycles. The summed E-state index contributed by atoms with van der Waals surface area (Å²) in [6, 6.07) is 11.0. The zero-order chi connectivity index (χ0) is 14.4. The maximum atomic E-state index is 13.4. The molecule has 4 aromatic rings. The monoisotopic (exact) mass is 280 g/mol. The van der Waals surface area contributed by atoms with Crippen molar-refractivity contribution in [2.45, 2.75) is 0 Å². The Balaban J connectivity index is 2.02. The van der Waals surface area contributed by atoms with Gasteiger partial charge in [-0.05, 0) is 42.5 Å². The molecule has 0 fully saturated rings. The third-order valence-electron chi connectivity index (χ3n) is 3.33. The van der Waals surface area contributed by atoms with Crippen LogP contribution >= 0.6 is 0 Å². The van der Waals surface area contributed by atoms with Crippen LogP contribution in [0.25, 0.3) is 27.9 Å². The van der Waals surface area contributed by atoms with E-state index in [1.165, 1.54) is 12.1 Å². The second-order valence-electron chi connectivity index (χ2n) is 4.67. The molecule has 5 nitrogen and oxygen atoms in total. The van der Waals surface area contributed by atoms with Gasteiger partial charge in [0.25, 0.3) is 0 Å². The van der Waals surface area contributed by atoms with E-state index >= 15 is 0 Å². The number of phenolic OH excluding ortho intramolecular Hbond substituents is 1. The van der Waals surface area contributed by atoms with Crippen molar-refractivity contribution in [3.8, 4) is 17.1 Å². The van der Waals surface area contributed by atoms with E-state index in [0.717, 1.165) is 5.56 Å². The normalized spacial score (nSPS) is 11.3. The Morgan fingerprint density at radius 1 is 1.00 bits per heavy atom. The van der Waals surface area contributed by atoms with Crippen molar-refractivity contribution >= 4 is 16.6 Å². The molecule has 0 radical (unpaired) electrons. The lowest BCUT2D eigenvalue weighted by atomic mass is 10.2. The summed E-state index contributed by atoms with van der Waals surface area (Å²) in [6.07, 6.45) is 1.61. The van der Waals surface area contributed by atoms with Crippen molar-refractivity contribution in [1.29, 1.82) is 0 Å². The number of hydrogen-bond acceptors (Lipinski definition) is 4. The maximum Gasteiger partial charge on any atom is 0.171 e. The van der Waals surface area contributed by atoms with Crippen LogP contribution in [0.4, 0.5) is 4.39 Å². The molecule has 0 bridgehead atoms. The topological polar surface area (TPSA) is 63.3 Å². The molecule has 2 aromatic carbocycles. The fourth-order valence-corrected chi connectivity index (χ4v) is 2.31. The SMILES string of the molecule is Oc1ccc(-c2nnc3c4cc(F)ccc4ncn23)cc1. The van der Waals surface area contributed by atoms with E-state index in [9.17, 15) is 9.50 Å². The Morgan fingerprint density at radius 3 is 2.62 bits per heavy atom. The van der Waals surface area contributed by atoms with Gasteiger partial charge in [0, 0.05) is 10.9 Å². The van der Waals surface area contributed by atoms with Gasteiger partial charge in [0.1, 0.15) is 17.9 Å². The van der Waals surface area contributed by atoms with Crippen LogP contribution in [0.5, 0.6) is 5.75 Å². The molecule has 0 aliphatic heterocycles. The Bertz CT molecular complexity index is 963. The van der Waals surface area contributed by atoms with Crippen molar-refractivity contribution in [2.24, 2.45) is 0 Å². The molecule has 21 heavy (non-hydrogen) atoms. The summed E-state index contributed by atoms with van der Waals surface area (Å²) in [4.78, 5) is 4.29. The molecule has 102 valence electrons. The first-order chi connectivity index (χ1) is 10.2. The molecule has 4 rings (SSSR count). The van der Waals surface area contributed by atoms with E-state index in [0.29, 0.717) is 22.4 Å². The molecular weight excluding hydrogens is 271 g/mol. The Hall–Kier alpha value is -3.02. The molecule has 0 spiro atoms. The molecule has 0 saturated carbocycles. The minimum Gasteiger partial charge on any atom is -0.508 e. The van der Waals surface area contributed by atoms with Gasteiger partial charge in [0.05, 0.1) is 5.52 Å². The molecule has 0 aliphatic rings. The Kier molecular flexibility index (Phi) is 2.38. The van der Waals surface area contributed by atoms with Crippen LogP contribution in [0.15, 0.2) is 48.8 Å². The highest BCUT2D eigenvalue weighted by atomic mass is 19.1. The van der Waals surface area contributed by atoms with Crippen molar-refractivity contribution in [2.75, 3.05) is 0 Å². The van der Waals surface area contributed by atoms with Crippen LogP contribution in [0.1, 0.15) is 0 Å². The van der Waals surface area contributed by atoms with Gasteiger partial charge in [-0.2, -0.15) is 0 Å². The second-order valence-corrected chi connectivity index (χ2v) is 4.67. The van der Waals surface area contributed by atoms with Gasteiger partial charge in [-0.1, -0.05) is 0 Å². The molecule has 0 atom stereocenters. The molecule has 1 N–H and O–H groups in total. The Labute approximate surface area is 118 Å². The minimum atomic E-state index is -0.341. The largest absolute Gasteiger partial charge is 0.508 e. The standard InChI is InChI=1S/C15H9FN4O/c16-10-3-6-13-12(7-10)15-19-18-14(20(15)8-17-13)9-1-4-11(21)5-2-9/h1-8,21H. The quantitative estimate of drug-likeness (QED) is 0.582. The highest BCUT2D eigenvalue weighted by Gasteiger charge is 2.11. The van der Waals surface area contributed by atoms with Gasteiger partial charge in [-0.15, -0.1) is 10.2 Å². The third kappa shape index (κ3) is 1.80. The average molecular weight is 280 g/mol. The summed E-state index contributed by atoms with van der Waals surface area (Å²) in [7, 11) is 0. The number of hydrogen-bond donors (Lipinski definition) is 1. The average Bonchev–Trinajstić information content (AvgIpc) is 2.92. The van der Waals surface area contributed by atoms with Crippen LogP contribution in [0.2, 0.25) is 0 Å². The van der Waals surface area contributed by atoms with E-state index in [1.54, 1.807) is 41.1 Å². The van der Waals surface area contributed by atoms with E-state index in [1.807, 2.05) is 0 Å². The molecule has 6 heteroatoms. The highest BCUT2D eigenvalue weighted by molar-refractivity contribution is 5.91. The number of fused-ring (bicyclic) bond motifs is 3. The molecule has 0 saturated heterocycles. The van der Waals surface area contributed by atoms with Crippen molar-refractivity contribution in [3.05, 3.63) is 54.6 Å². The molecular formula is C15H9FN4O. The van der Waals surface area contributed by atoms with Gasteiger partial charge >= 0.3 is 0 Å². The summed E-state index contributed by atoms with van der Waals surface area (Å²) >= 11 is 0. The molecule has 2 heterocycles. The first-order valence-corrected chi connectivity index (χ1v) is 6.31. The van der Waals surface area contributed by atoms with Gasteiger partial charge in [-0.25, -0.2) is 9.37 Å². The summed E-state index contributed by atoms with van der Waals surface area (Å²) in [6.45, 7) is 0. The maximum absolute atomic E-state index is 13.4. The number of benzene rings is 2. The fourth-order valence-electron chi connectivity index (χ4n) is 2.31. The summed E-state index contributed by atoms with van der Waals surface area (Å²) in [5.74, 6) is 0.425. The number of rotatable bonds is 1. The number of aromatic hydroxyl groups is 1. The van der Waals surface area contributed by atoms with Crippen LogP contribution in [0, 0.1) is 5.82 Å². The molecule has 0 aliphatic carbocycles. The second kappa shape index (κ2) is 4.24. The number of nitrogens with zero attached hydrogens (tertiary/aromatic N) is 4. The van der Waals surface area contributed by atoms with Crippen molar-refractivity contribution in [1.82, 2.24) is 19.6 Å². The van der Waals surface area contributed by atoms with Crippen LogP contribution < -0.4 is 0 Å². The lowest BCUT2D eigenvalue weighted by Crippen LogP contribution is -1.93. The zero-order valence-electron chi connectivity index (χ0n) is 10.7. The number of phenols is 1. The van der Waals surface area contributed by atoms with Crippen LogP contribution in [-0.4, -0.2) is 24.7 Å². The third-order valence-corrected chi connectivity index (χ3v) is 3.33. The molecule has 0 amide bonds. The van der Waals surface area contributed by atoms with E-state index in [2.05, 4.69) is 15.2 Å². The lowest BCUT2D eigenvalue weighted by molar-refractivity contribution is 0.475. The summed E-state index contributed by atoms with van der Waals surface area (Å²) in [5, 5.41) is 18.2. The van der Waals surface area contributed by atoms with Gasteiger partial charge in [0.2, 0.25) is 0 Å². The predicted octanol–water partition coefficient (Wildman–Crippen LogP) is 2.79. The Morgan fingerprint density at radius 2 is 1.81 bits per heavy atom. The van der Waals surface area contributed by atoms with E-state index < -0.39 is 0 Å². The van der Waals surface area contributed by atoms with Crippen LogP contribution in [-0.2, 0) is 0 Å². The summed E-state index contributed by atoms with van der Waals surface area (Å²) < 4.78 is 15.1. The first-order valence-electron chi connectivity index (χ1n) is 6.31. The predicted molar refractivity (Wildman–Crippen MR) is 75.3 cm³/mol. The smallest absolute Gasteiger partial charge is 0.171 e. The van der Waals surface area contributed by atoms with Gasteiger partial charge in [0.15, 0.2) is 11.5 Å². The van der Waals surface area contributed by atoms with E-state index in [4.69, 9.17) is 0 Å². The van der Waals surface area contributed by atoms with Crippen molar-refractivity contribution < 1.29 is 9.50 Å². The van der Waals surface area contributed by atoms with Gasteiger partial charge < -0.3 is 5.11 Å². The lowest BCUT2D eigenvalue weighted by Gasteiger charge is -2.02. The van der Waals surface area contributed by atoms with Gasteiger partial charge in [-0.3, -0.25) is 4.40 Å². The number of halogens is 1. The van der Waals surface area contributed by atoms with E-state index in [-0.39, 0.29) is 11.6 Å². The summed E-state index contributed by atoms with van der Waals surface area (Å²) in [5.41, 5.74) is 1.99. The fraction of sp³-hybridized carbons (Fsp3) is 0. The van der Waals surface area contributed by atoms with Crippen LogP contribution in [0.3, 0.4) is 0 Å². The number of aromatic nitrogens is 4. The minimum absolute atomic E-state index is 0.179. The van der Waals surface area contributed by atoms with Crippen molar-refractivity contribution in [3.63, 3.8) is 0 Å². The zero-order valence-corrected chi connectivity index (χ0v) is 10.7. The molecule has 0 unspecified atom stereocenters. The first kappa shape index (κ1) is 11.8.